The number of nitrogens with one attached hydrogen (secondary N) is 2. The van der Waals surface area contributed by atoms with Crippen molar-refractivity contribution in [3.05, 3.63) is 35.9 Å². The van der Waals surface area contributed by atoms with E-state index in [9.17, 15) is 9.59 Å². The minimum atomic E-state index is -0.417. The standard InChI is InChI=1S/C17H23N5O3.ClH/c1-3-25-17(24)15-9-12(11-21(15)2)19-16(23)14-6-8-22(20-14)13-5-4-7-18-10-13;/h6,8-9,11,13,18H,3-5,7,10H2,1-2H3,(H,19,23);1H. The van der Waals surface area contributed by atoms with Crippen molar-refractivity contribution in [3.8, 4) is 0 Å². The highest BCUT2D eigenvalue weighted by atomic mass is 35.5. The maximum atomic E-state index is 12.4. The van der Waals surface area contributed by atoms with Crippen molar-refractivity contribution >= 4 is 30.0 Å². The van der Waals surface area contributed by atoms with E-state index in [1.54, 1.807) is 36.9 Å². The second-order valence-corrected chi connectivity index (χ2v) is 6.08. The molecule has 2 aromatic heterocycles. The molecule has 0 radical (unpaired) electrons. The topological polar surface area (TPSA) is 90.2 Å². The van der Waals surface area contributed by atoms with Gasteiger partial charge in [0.2, 0.25) is 0 Å². The molecule has 26 heavy (non-hydrogen) atoms. The van der Waals surface area contributed by atoms with E-state index < -0.39 is 5.97 Å². The van der Waals surface area contributed by atoms with Crippen molar-refractivity contribution in [2.45, 2.75) is 25.8 Å². The number of aromatic nitrogens is 3. The lowest BCUT2D eigenvalue weighted by Crippen LogP contribution is -2.32. The Labute approximate surface area is 158 Å². The highest BCUT2D eigenvalue weighted by Gasteiger charge is 2.19. The summed E-state index contributed by atoms with van der Waals surface area (Å²) in [7, 11) is 1.73. The minimum absolute atomic E-state index is 0. The number of nitrogens with zero attached hydrogens (tertiary/aromatic N) is 3. The number of anilines is 1. The van der Waals surface area contributed by atoms with Crippen LogP contribution in [0.25, 0.3) is 0 Å². The van der Waals surface area contributed by atoms with Crippen molar-refractivity contribution in [1.82, 2.24) is 19.7 Å². The van der Waals surface area contributed by atoms with Crippen LogP contribution in [0.15, 0.2) is 24.5 Å². The van der Waals surface area contributed by atoms with E-state index in [4.69, 9.17) is 4.74 Å². The number of piperidine rings is 1. The normalized spacial score (nSPS) is 16.6. The van der Waals surface area contributed by atoms with Gasteiger partial charge in [0, 0.05) is 26.0 Å². The van der Waals surface area contributed by atoms with Gasteiger partial charge >= 0.3 is 5.97 Å². The summed E-state index contributed by atoms with van der Waals surface area (Å²) < 4.78 is 8.46. The van der Waals surface area contributed by atoms with Gasteiger partial charge in [0.05, 0.1) is 18.3 Å². The lowest BCUT2D eigenvalue weighted by molar-refractivity contribution is 0.0515. The Morgan fingerprint density at radius 1 is 1.46 bits per heavy atom. The zero-order chi connectivity index (χ0) is 17.8. The largest absolute Gasteiger partial charge is 0.461 e. The molecule has 0 saturated carbocycles. The molecule has 9 heteroatoms. The van der Waals surface area contributed by atoms with Crippen LogP contribution in [0.3, 0.4) is 0 Å². The van der Waals surface area contributed by atoms with Crippen LogP contribution < -0.4 is 10.6 Å². The number of esters is 1. The zero-order valence-corrected chi connectivity index (χ0v) is 15.7. The lowest BCUT2D eigenvalue weighted by Gasteiger charge is -2.22. The van der Waals surface area contributed by atoms with Gasteiger partial charge in [0.1, 0.15) is 5.69 Å². The van der Waals surface area contributed by atoms with Gasteiger partial charge in [0.25, 0.3) is 5.91 Å². The van der Waals surface area contributed by atoms with Crippen molar-refractivity contribution in [2.24, 2.45) is 7.05 Å². The van der Waals surface area contributed by atoms with E-state index >= 15 is 0 Å². The molecule has 0 bridgehead atoms. The molecule has 1 amide bonds. The van der Waals surface area contributed by atoms with Gasteiger partial charge < -0.3 is 19.9 Å². The first-order valence-corrected chi connectivity index (χ1v) is 8.49. The number of rotatable bonds is 5. The Hall–Kier alpha value is -2.32. The van der Waals surface area contributed by atoms with Crippen molar-refractivity contribution in [3.63, 3.8) is 0 Å². The third-order valence-electron chi connectivity index (χ3n) is 4.23. The predicted molar refractivity (Wildman–Crippen MR) is 99.9 cm³/mol. The molecule has 0 aromatic carbocycles. The number of amides is 1. The van der Waals surface area contributed by atoms with Gasteiger partial charge in [-0.25, -0.2) is 4.79 Å². The minimum Gasteiger partial charge on any atom is -0.461 e. The van der Waals surface area contributed by atoms with Crippen LogP contribution >= 0.6 is 12.4 Å². The third-order valence-corrected chi connectivity index (χ3v) is 4.23. The van der Waals surface area contributed by atoms with Crippen LogP contribution in [0.5, 0.6) is 0 Å². The average molecular weight is 382 g/mol. The average Bonchev–Trinajstić information content (AvgIpc) is 3.23. The molecule has 1 aliphatic rings. The molecule has 3 rings (SSSR count). The Balaban J connectivity index is 0.00000243. The molecule has 1 aliphatic heterocycles. The van der Waals surface area contributed by atoms with Gasteiger partial charge in [-0.1, -0.05) is 0 Å². The van der Waals surface area contributed by atoms with Crippen LogP contribution in [-0.4, -0.2) is 45.9 Å². The number of hydrogen-bond donors (Lipinski definition) is 2. The fourth-order valence-electron chi connectivity index (χ4n) is 2.96. The van der Waals surface area contributed by atoms with E-state index in [0.29, 0.717) is 23.7 Å². The molecule has 1 unspecified atom stereocenters. The first-order chi connectivity index (χ1) is 12.1. The van der Waals surface area contributed by atoms with Gasteiger partial charge in [0.15, 0.2) is 5.69 Å². The first kappa shape index (κ1) is 20.0. The molecule has 1 fully saturated rings. The van der Waals surface area contributed by atoms with E-state index in [0.717, 1.165) is 25.9 Å². The third kappa shape index (κ3) is 4.44. The van der Waals surface area contributed by atoms with E-state index in [1.165, 1.54) is 0 Å². The van der Waals surface area contributed by atoms with Crippen molar-refractivity contribution in [1.29, 1.82) is 0 Å². The van der Waals surface area contributed by atoms with Gasteiger partial charge in [-0.05, 0) is 38.4 Å². The number of carbonyl (C=O) groups is 2. The number of carbonyl (C=O) groups excluding carboxylic acids is 2. The summed E-state index contributed by atoms with van der Waals surface area (Å²) in [5.74, 6) is -0.719. The fraction of sp³-hybridized carbons (Fsp3) is 0.471. The monoisotopic (exact) mass is 381 g/mol. The summed E-state index contributed by atoms with van der Waals surface area (Å²) in [6.45, 7) is 3.95. The summed E-state index contributed by atoms with van der Waals surface area (Å²) in [5.41, 5.74) is 1.27. The predicted octanol–water partition coefficient (Wildman–Crippen LogP) is 2.00. The highest BCUT2D eigenvalue weighted by molar-refractivity contribution is 6.03. The van der Waals surface area contributed by atoms with Crippen molar-refractivity contribution in [2.75, 3.05) is 25.0 Å². The van der Waals surface area contributed by atoms with E-state index in [-0.39, 0.29) is 24.4 Å². The molecule has 8 nitrogen and oxygen atoms in total. The Bertz CT molecular complexity index is 764. The van der Waals surface area contributed by atoms with Crippen molar-refractivity contribution < 1.29 is 14.3 Å². The smallest absolute Gasteiger partial charge is 0.355 e. The van der Waals surface area contributed by atoms with Gasteiger partial charge in [-0.3, -0.25) is 9.48 Å². The summed E-state index contributed by atoms with van der Waals surface area (Å²) in [5, 5.41) is 10.5. The number of halogens is 1. The Morgan fingerprint density at radius 2 is 2.27 bits per heavy atom. The Morgan fingerprint density at radius 3 is 2.96 bits per heavy atom. The Kier molecular flexibility index (Phi) is 6.82. The van der Waals surface area contributed by atoms with Gasteiger partial charge in [-0.2, -0.15) is 5.10 Å². The fourth-order valence-corrected chi connectivity index (χ4v) is 2.96. The van der Waals surface area contributed by atoms with Crippen LogP contribution in [0.1, 0.15) is 46.8 Å². The second-order valence-electron chi connectivity index (χ2n) is 6.08. The highest BCUT2D eigenvalue weighted by Crippen LogP contribution is 2.17. The molecular formula is C17H24ClN5O3. The van der Waals surface area contributed by atoms with E-state index in [2.05, 4.69) is 15.7 Å². The molecule has 2 N–H and O–H groups in total. The summed E-state index contributed by atoms with van der Waals surface area (Å²) in [6, 6.07) is 3.58. The summed E-state index contributed by atoms with van der Waals surface area (Å²) in [6.07, 6.45) is 5.66. The van der Waals surface area contributed by atoms with Crippen LogP contribution in [0.4, 0.5) is 5.69 Å². The SMILES string of the molecule is CCOC(=O)c1cc(NC(=O)c2ccn(C3CCCNC3)n2)cn1C.Cl. The maximum absolute atomic E-state index is 12.4. The van der Waals surface area contributed by atoms with E-state index in [1.807, 2.05) is 10.9 Å². The lowest BCUT2D eigenvalue weighted by atomic mass is 10.1. The zero-order valence-electron chi connectivity index (χ0n) is 14.9. The number of ether oxygens (including phenoxy) is 1. The van der Waals surface area contributed by atoms with Gasteiger partial charge in [-0.15, -0.1) is 12.4 Å². The van der Waals surface area contributed by atoms with Crippen LogP contribution in [0.2, 0.25) is 0 Å². The molecule has 0 aliphatic carbocycles. The van der Waals surface area contributed by atoms with Crippen LogP contribution in [-0.2, 0) is 11.8 Å². The summed E-state index contributed by atoms with van der Waals surface area (Å²) >= 11 is 0. The molecule has 3 heterocycles. The molecular weight excluding hydrogens is 358 g/mol. The number of hydrogen-bond acceptors (Lipinski definition) is 5. The summed E-state index contributed by atoms with van der Waals surface area (Å²) in [4.78, 5) is 24.2. The van der Waals surface area contributed by atoms with Crippen LogP contribution in [0, 0.1) is 0 Å². The second kappa shape index (κ2) is 8.86. The quantitative estimate of drug-likeness (QED) is 0.773. The molecule has 1 saturated heterocycles. The number of aryl methyl sites for hydroxylation is 1. The molecule has 2 aromatic rings. The molecule has 1 atom stereocenters. The molecule has 142 valence electrons. The first-order valence-electron chi connectivity index (χ1n) is 8.49. The molecule has 0 spiro atoms. The maximum Gasteiger partial charge on any atom is 0.355 e.